The fourth-order valence-corrected chi connectivity index (χ4v) is 8.12. The van der Waals surface area contributed by atoms with E-state index in [9.17, 15) is 13.2 Å². The lowest BCUT2D eigenvalue weighted by atomic mass is 9.87. The first-order valence-electron chi connectivity index (χ1n) is 15.8. The van der Waals surface area contributed by atoms with Gasteiger partial charge in [-0.2, -0.15) is 0 Å². The van der Waals surface area contributed by atoms with Gasteiger partial charge >= 0.3 is 0 Å². The number of anilines is 1. The van der Waals surface area contributed by atoms with Crippen LogP contribution in [-0.4, -0.2) is 37.5 Å². The predicted octanol–water partition coefficient (Wildman–Crippen LogP) is 9.35. The normalized spacial score (nSPS) is 22.3. The van der Waals surface area contributed by atoms with Gasteiger partial charge in [-0.3, -0.25) is 4.98 Å². The predicted molar refractivity (Wildman–Crippen MR) is 176 cm³/mol. The second-order valence-corrected chi connectivity index (χ2v) is 19.3. The van der Waals surface area contributed by atoms with E-state index >= 15 is 0 Å². The summed E-state index contributed by atoms with van der Waals surface area (Å²) in [6.45, 7) is 24.4. The number of hydrogen-bond acceptors (Lipinski definition) is 4. The minimum absolute atomic E-state index is 0.144. The van der Waals surface area contributed by atoms with Crippen LogP contribution in [0, 0.1) is 29.3 Å². The molecule has 0 amide bonds. The van der Waals surface area contributed by atoms with Crippen molar-refractivity contribution in [2.45, 2.75) is 91.0 Å². The van der Waals surface area contributed by atoms with Crippen molar-refractivity contribution in [3.63, 3.8) is 0 Å². The number of nitrogens with zero attached hydrogens (tertiary/aromatic N) is 3. The maximum atomic E-state index is 14.8. The molecule has 1 fully saturated rings. The molecular formula is C36H46F3N3OSi. The Morgan fingerprint density at radius 1 is 1.00 bits per heavy atom. The van der Waals surface area contributed by atoms with Crippen LogP contribution in [0.15, 0.2) is 43.1 Å². The Morgan fingerprint density at radius 2 is 1.64 bits per heavy atom. The molecule has 3 heterocycles. The molecule has 1 unspecified atom stereocenters. The SMILES string of the molecule is C=C(Cc1cnc2c(c1N1C[C@@H](C)C(O[Si](C)(C)C(C)(C)C)[C@@H](C)C1)CC[C@H]2C)c1ccc(F)c(-c2c(F)cccc2F)n1. The van der Waals surface area contributed by atoms with Gasteiger partial charge in [0.05, 0.1) is 17.4 Å². The smallest absolute Gasteiger partial charge is 0.192 e. The van der Waals surface area contributed by atoms with Crippen molar-refractivity contribution in [1.82, 2.24) is 9.97 Å². The minimum Gasteiger partial charge on any atom is -0.413 e. The van der Waals surface area contributed by atoms with Crippen molar-refractivity contribution in [3.8, 4) is 11.3 Å². The molecule has 8 heteroatoms. The van der Waals surface area contributed by atoms with Gasteiger partial charge in [0.2, 0.25) is 0 Å². The van der Waals surface area contributed by atoms with E-state index in [-0.39, 0.29) is 16.8 Å². The van der Waals surface area contributed by atoms with E-state index in [4.69, 9.17) is 9.41 Å². The fraction of sp³-hybridized carbons (Fsp3) is 0.500. The molecular weight excluding hydrogens is 575 g/mol. The van der Waals surface area contributed by atoms with Crippen LogP contribution in [0.5, 0.6) is 0 Å². The van der Waals surface area contributed by atoms with Crippen molar-refractivity contribution in [2.75, 3.05) is 18.0 Å². The van der Waals surface area contributed by atoms with Crippen molar-refractivity contribution in [1.29, 1.82) is 0 Å². The molecule has 4 atom stereocenters. The number of pyridine rings is 2. The van der Waals surface area contributed by atoms with Crippen molar-refractivity contribution in [2.24, 2.45) is 11.8 Å². The molecule has 1 aliphatic carbocycles. The zero-order chi connectivity index (χ0) is 32.1. The summed E-state index contributed by atoms with van der Waals surface area (Å²) >= 11 is 0. The molecule has 1 aliphatic heterocycles. The number of piperidine rings is 1. The summed E-state index contributed by atoms with van der Waals surface area (Å²) in [7, 11) is -1.93. The highest BCUT2D eigenvalue weighted by atomic mass is 28.4. The summed E-state index contributed by atoms with van der Waals surface area (Å²) in [5, 5.41) is 0.144. The van der Waals surface area contributed by atoms with E-state index in [1.807, 2.05) is 6.20 Å². The number of halogens is 3. The van der Waals surface area contributed by atoms with Crippen LogP contribution in [0.2, 0.25) is 18.1 Å². The first-order valence-corrected chi connectivity index (χ1v) is 18.7. The van der Waals surface area contributed by atoms with Gasteiger partial charge in [0, 0.05) is 37.1 Å². The number of fused-ring (bicyclic) bond motifs is 1. The molecule has 44 heavy (non-hydrogen) atoms. The van der Waals surface area contributed by atoms with Crippen LogP contribution in [0.1, 0.15) is 76.4 Å². The highest BCUT2D eigenvalue weighted by Crippen LogP contribution is 2.44. The van der Waals surface area contributed by atoms with Crippen LogP contribution in [-0.2, 0) is 17.3 Å². The summed E-state index contributed by atoms with van der Waals surface area (Å²) in [6.07, 6.45) is 4.61. The average molecular weight is 622 g/mol. The van der Waals surface area contributed by atoms with Gasteiger partial charge in [-0.25, -0.2) is 18.2 Å². The van der Waals surface area contributed by atoms with Crippen LogP contribution in [0.4, 0.5) is 18.9 Å². The third-order valence-corrected chi connectivity index (χ3v) is 14.5. The standard InChI is InChI=1S/C36H46F3N3OSi/c1-21-13-14-26-32(21)40-18-25(34(26)42-19-23(3)35(24(4)20-42)43-44(8,9)36(5,6)7)17-22(2)30-16-15-29(39)33(41-30)31-27(37)11-10-12-28(31)38/h10-12,15-16,18,21,23-24,35H,2,13-14,17,19-20H2,1,3-9H3/t21-,23-,24+,35?/m1/s1. The zero-order valence-corrected chi connectivity index (χ0v) is 28.4. The van der Waals surface area contributed by atoms with Gasteiger partial charge < -0.3 is 9.33 Å². The number of rotatable bonds is 7. The lowest BCUT2D eigenvalue weighted by Crippen LogP contribution is -2.54. The zero-order valence-electron chi connectivity index (χ0n) is 27.4. The highest BCUT2D eigenvalue weighted by Gasteiger charge is 2.44. The molecule has 0 saturated carbocycles. The van der Waals surface area contributed by atoms with Gasteiger partial charge in [0.1, 0.15) is 23.1 Å². The Kier molecular flexibility index (Phi) is 8.90. The molecule has 0 spiro atoms. The molecule has 0 N–H and O–H groups in total. The van der Waals surface area contributed by atoms with E-state index in [1.165, 1.54) is 29.4 Å². The lowest BCUT2D eigenvalue weighted by Gasteiger charge is -2.48. The maximum Gasteiger partial charge on any atom is 0.192 e. The molecule has 1 saturated heterocycles. The largest absolute Gasteiger partial charge is 0.413 e. The summed E-state index contributed by atoms with van der Waals surface area (Å²) in [5.74, 6) is -1.44. The van der Waals surface area contributed by atoms with Gasteiger partial charge in [-0.05, 0) is 89.7 Å². The topological polar surface area (TPSA) is 38.2 Å². The Labute approximate surface area is 261 Å². The van der Waals surface area contributed by atoms with Gasteiger partial charge in [-0.15, -0.1) is 0 Å². The lowest BCUT2D eigenvalue weighted by molar-refractivity contribution is 0.0626. The molecule has 5 rings (SSSR count). The Bertz CT molecular complexity index is 1530. The second kappa shape index (κ2) is 12.1. The van der Waals surface area contributed by atoms with E-state index < -0.39 is 31.3 Å². The number of aromatic nitrogens is 2. The van der Waals surface area contributed by atoms with Crippen LogP contribution >= 0.6 is 0 Å². The van der Waals surface area contributed by atoms with Gasteiger partial charge in [-0.1, -0.05) is 54.2 Å². The van der Waals surface area contributed by atoms with Crippen molar-refractivity contribution < 1.29 is 17.6 Å². The van der Waals surface area contributed by atoms with E-state index in [0.29, 0.717) is 35.4 Å². The quantitative estimate of drug-likeness (QED) is 0.247. The third kappa shape index (κ3) is 6.12. The number of hydrogen-bond donors (Lipinski definition) is 0. The third-order valence-electron chi connectivity index (χ3n) is 10.1. The summed E-state index contributed by atoms with van der Waals surface area (Å²) in [4.78, 5) is 11.8. The van der Waals surface area contributed by atoms with Crippen LogP contribution < -0.4 is 4.90 Å². The molecule has 3 aromatic rings. The molecule has 0 radical (unpaired) electrons. The Balaban J connectivity index is 1.47. The Morgan fingerprint density at radius 3 is 2.25 bits per heavy atom. The first-order chi connectivity index (χ1) is 20.6. The summed E-state index contributed by atoms with van der Waals surface area (Å²) in [5.41, 5.74) is 4.91. The number of allylic oxidation sites excluding steroid dienone is 1. The van der Waals surface area contributed by atoms with E-state index in [0.717, 1.165) is 49.3 Å². The molecule has 1 aromatic carbocycles. The molecule has 4 nitrogen and oxygen atoms in total. The van der Waals surface area contributed by atoms with Crippen molar-refractivity contribution >= 4 is 19.6 Å². The van der Waals surface area contributed by atoms with E-state index in [2.05, 4.69) is 71.1 Å². The first kappa shape index (κ1) is 32.4. The Hall–Kier alpha value is -2.97. The molecule has 2 aliphatic rings. The monoisotopic (exact) mass is 621 g/mol. The van der Waals surface area contributed by atoms with Crippen molar-refractivity contribution in [3.05, 3.63) is 83.1 Å². The summed E-state index contributed by atoms with van der Waals surface area (Å²) < 4.78 is 50.9. The second-order valence-electron chi connectivity index (χ2n) is 14.5. The highest BCUT2D eigenvalue weighted by molar-refractivity contribution is 6.74. The minimum atomic E-state index is -1.93. The number of benzene rings is 1. The maximum absolute atomic E-state index is 14.8. The van der Waals surface area contributed by atoms with Gasteiger partial charge in [0.25, 0.3) is 0 Å². The van der Waals surface area contributed by atoms with E-state index in [1.54, 1.807) is 0 Å². The summed E-state index contributed by atoms with van der Waals surface area (Å²) in [6, 6.07) is 6.19. The molecule has 2 aromatic heterocycles. The van der Waals surface area contributed by atoms with Crippen LogP contribution in [0.3, 0.4) is 0 Å². The van der Waals surface area contributed by atoms with Gasteiger partial charge in [0.15, 0.2) is 8.32 Å². The average Bonchev–Trinajstić information content (AvgIpc) is 3.31. The fourth-order valence-electron chi connectivity index (χ4n) is 6.62. The molecule has 0 bridgehead atoms. The van der Waals surface area contributed by atoms with Crippen LogP contribution in [0.25, 0.3) is 16.8 Å². The molecule has 236 valence electrons.